The number of rotatable bonds is 6. The van der Waals surface area contributed by atoms with Crippen LogP contribution in [0.2, 0.25) is 0 Å². The van der Waals surface area contributed by atoms with Gasteiger partial charge >= 0.3 is 8.25 Å². The summed E-state index contributed by atoms with van der Waals surface area (Å²) in [4.78, 5) is 0. The lowest BCUT2D eigenvalue weighted by Gasteiger charge is -2.09. The van der Waals surface area contributed by atoms with Crippen LogP contribution >= 0.6 is 8.25 Å². The molecule has 0 saturated carbocycles. The predicted octanol–water partition coefficient (Wildman–Crippen LogP) is 5.05. The van der Waals surface area contributed by atoms with Gasteiger partial charge in [0, 0.05) is 10.8 Å². The largest absolute Gasteiger partial charge is 0.387 e. The highest BCUT2D eigenvalue weighted by Gasteiger charge is 2.14. The van der Waals surface area contributed by atoms with Gasteiger partial charge in [-0.2, -0.15) is 4.73 Å². The van der Waals surface area contributed by atoms with E-state index in [1.165, 1.54) is 11.1 Å². The zero-order valence-corrected chi connectivity index (χ0v) is 14.8. The number of aryl methyl sites for hydroxylation is 2. The van der Waals surface area contributed by atoms with Crippen LogP contribution in [-0.4, -0.2) is 11.3 Å². The molecule has 1 heterocycles. The van der Waals surface area contributed by atoms with Crippen molar-refractivity contribution in [2.75, 3.05) is 6.61 Å². The summed E-state index contributed by atoms with van der Waals surface area (Å²) in [6, 6.07) is 12.3. The second kappa shape index (κ2) is 6.77. The zero-order chi connectivity index (χ0) is 16.4. The van der Waals surface area contributed by atoms with Crippen LogP contribution in [-0.2, 0) is 9.09 Å². The van der Waals surface area contributed by atoms with Crippen molar-refractivity contribution in [2.45, 2.75) is 33.6 Å². The van der Waals surface area contributed by atoms with Crippen LogP contribution < -0.4 is 4.62 Å². The molecule has 23 heavy (non-hydrogen) atoms. The summed E-state index contributed by atoms with van der Waals surface area (Å²) >= 11 is 0. The Kier molecular flexibility index (Phi) is 4.74. The molecule has 0 aliphatic heterocycles. The maximum Gasteiger partial charge on any atom is 0.387 e. The molecule has 1 aromatic heterocycles. The lowest BCUT2D eigenvalue weighted by atomic mass is 10.1. The van der Waals surface area contributed by atoms with Gasteiger partial charge < -0.3 is 9.15 Å². The quantitative estimate of drug-likeness (QED) is 0.469. The molecule has 0 bridgehead atoms. The first-order valence-electron chi connectivity index (χ1n) is 7.96. The lowest BCUT2D eigenvalue weighted by molar-refractivity contribution is 0.218. The normalized spacial score (nSPS) is 12.8. The molecule has 0 aliphatic rings. The van der Waals surface area contributed by atoms with Crippen molar-refractivity contribution in [1.29, 1.82) is 0 Å². The Morgan fingerprint density at radius 2 is 1.57 bits per heavy atom. The van der Waals surface area contributed by atoms with Crippen LogP contribution in [0.5, 0.6) is 0 Å². The molecule has 0 spiro atoms. The molecule has 0 radical (unpaired) electrons. The van der Waals surface area contributed by atoms with Crippen molar-refractivity contribution in [3.63, 3.8) is 0 Å². The zero-order valence-electron chi connectivity index (χ0n) is 13.8. The van der Waals surface area contributed by atoms with Gasteiger partial charge in [0.2, 0.25) is 0 Å². The van der Waals surface area contributed by atoms with E-state index < -0.39 is 8.25 Å². The third-order valence-corrected chi connectivity index (χ3v) is 4.69. The molecule has 5 heteroatoms. The van der Waals surface area contributed by atoms with Gasteiger partial charge in [-0.3, -0.25) is 0 Å². The maximum absolute atomic E-state index is 12.1. The van der Waals surface area contributed by atoms with Crippen molar-refractivity contribution >= 4 is 30.1 Å². The van der Waals surface area contributed by atoms with E-state index in [9.17, 15) is 4.57 Å². The van der Waals surface area contributed by atoms with Crippen LogP contribution in [0.3, 0.4) is 0 Å². The van der Waals surface area contributed by atoms with Crippen LogP contribution in [0.1, 0.15) is 30.9 Å². The first kappa shape index (κ1) is 16.1. The molecule has 4 nitrogen and oxygen atoms in total. The number of unbranched alkanes of at least 4 members (excludes halogenated alkanes) is 1. The van der Waals surface area contributed by atoms with E-state index in [0.29, 0.717) is 6.61 Å². The van der Waals surface area contributed by atoms with Crippen LogP contribution in [0.4, 0.5) is 0 Å². The fraction of sp³-hybridized carbons (Fsp3) is 0.333. The second-order valence-electron chi connectivity index (χ2n) is 5.88. The minimum atomic E-state index is -2.57. The van der Waals surface area contributed by atoms with E-state index in [0.717, 1.165) is 34.6 Å². The average molecular weight is 331 g/mol. The molecule has 0 saturated heterocycles. The minimum Gasteiger partial charge on any atom is -0.334 e. The third-order valence-electron chi connectivity index (χ3n) is 3.92. The van der Waals surface area contributed by atoms with Gasteiger partial charge in [-0.05, 0) is 44.5 Å². The number of hydrogen-bond acceptors (Lipinski definition) is 3. The first-order valence-corrected chi connectivity index (χ1v) is 9.19. The van der Waals surface area contributed by atoms with E-state index in [4.69, 9.17) is 9.15 Å². The average Bonchev–Trinajstić information content (AvgIpc) is 2.80. The summed E-state index contributed by atoms with van der Waals surface area (Å²) in [5, 5.41) is 2.21. The van der Waals surface area contributed by atoms with Crippen molar-refractivity contribution in [1.82, 2.24) is 4.73 Å². The first-order chi connectivity index (χ1) is 11.1. The fourth-order valence-electron chi connectivity index (χ4n) is 2.71. The Bertz CT molecular complexity index is 810. The Labute approximate surface area is 136 Å². The van der Waals surface area contributed by atoms with Gasteiger partial charge in [0.05, 0.1) is 17.6 Å². The topological polar surface area (TPSA) is 40.5 Å². The van der Waals surface area contributed by atoms with Crippen LogP contribution in [0.25, 0.3) is 21.8 Å². The van der Waals surface area contributed by atoms with Crippen LogP contribution in [0.15, 0.2) is 36.4 Å². The Morgan fingerprint density at radius 3 is 2.09 bits per heavy atom. The summed E-state index contributed by atoms with van der Waals surface area (Å²) in [5.74, 6) is 0. The molecule has 0 amide bonds. The Balaban J connectivity index is 2.05. The van der Waals surface area contributed by atoms with E-state index in [1.807, 2.05) is 24.3 Å². The molecule has 1 atom stereocenters. The van der Waals surface area contributed by atoms with Gasteiger partial charge in [-0.15, -0.1) is 0 Å². The summed E-state index contributed by atoms with van der Waals surface area (Å²) in [6.07, 6.45) is 1.88. The van der Waals surface area contributed by atoms with Crippen molar-refractivity contribution in [2.24, 2.45) is 0 Å². The summed E-state index contributed by atoms with van der Waals surface area (Å²) in [6.45, 7) is 6.66. The summed E-state index contributed by atoms with van der Waals surface area (Å²) in [7, 11) is -2.57. The van der Waals surface area contributed by atoms with Crippen molar-refractivity contribution in [3.05, 3.63) is 47.5 Å². The Hall–Kier alpha value is -1.77. The number of hydrogen-bond donors (Lipinski definition) is 0. The highest BCUT2D eigenvalue weighted by atomic mass is 31.1. The third kappa shape index (κ3) is 3.29. The van der Waals surface area contributed by atoms with Gasteiger partial charge in [-0.1, -0.05) is 36.6 Å². The highest BCUT2D eigenvalue weighted by molar-refractivity contribution is 7.33. The Morgan fingerprint density at radius 1 is 1.00 bits per heavy atom. The highest BCUT2D eigenvalue weighted by Crippen LogP contribution is 2.32. The molecule has 2 aromatic carbocycles. The monoisotopic (exact) mass is 331 g/mol. The van der Waals surface area contributed by atoms with Gasteiger partial charge in [0.15, 0.2) is 0 Å². The molecular weight excluding hydrogens is 309 g/mol. The fourth-order valence-corrected chi connectivity index (χ4v) is 3.42. The lowest BCUT2D eigenvalue weighted by Crippen LogP contribution is -2.04. The molecule has 0 N–H and O–H groups in total. The van der Waals surface area contributed by atoms with Crippen molar-refractivity contribution < 1.29 is 13.7 Å². The number of nitrogens with zero attached hydrogens (tertiary/aromatic N) is 1. The maximum atomic E-state index is 12.1. The number of benzene rings is 2. The minimum absolute atomic E-state index is 0.462. The summed E-state index contributed by atoms with van der Waals surface area (Å²) in [5.41, 5.74) is 4.19. The molecule has 3 aromatic rings. The van der Waals surface area contributed by atoms with Crippen LogP contribution in [0, 0.1) is 13.8 Å². The SMILES string of the molecule is CCCCO[PH](=O)On1c2ccc(C)cc2c2cc(C)ccc21. The molecular formula is C18H22NO3P. The van der Waals surface area contributed by atoms with Gasteiger partial charge in [0.25, 0.3) is 0 Å². The second-order valence-corrected chi connectivity index (χ2v) is 6.85. The predicted molar refractivity (Wildman–Crippen MR) is 95.4 cm³/mol. The standard InChI is InChI=1S/C18H22NO3P/c1-4-5-10-21-23(20)22-19-17-8-6-13(2)11-15(17)16-12-14(3)7-9-18(16)19/h6-9,11-12,23H,4-5,10H2,1-3H3. The molecule has 0 fully saturated rings. The van der Waals surface area contributed by atoms with E-state index >= 15 is 0 Å². The van der Waals surface area contributed by atoms with Gasteiger partial charge in [-0.25, -0.2) is 4.57 Å². The molecule has 1 unspecified atom stereocenters. The van der Waals surface area contributed by atoms with E-state index in [2.05, 4.69) is 32.9 Å². The number of aromatic nitrogens is 1. The molecule has 0 aliphatic carbocycles. The van der Waals surface area contributed by atoms with Gasteiger partial charge in [0.1, 0.15) is 0 Å². The van der Waals surface area contributed by atoms with E-state index in [1.54, 1.807) is 4.73 Å². The molecule has 3 rings (SSSR count). The smallest absolute Gasteiger partial charge is 0.334 e. The number of fused-ring (bicyclic) bond motifs is 3. The van der Waals surface area contributed by atoms with Crippen molar-refractivity contribution in [3.8, 4) is 0 Å². The summed E-state index contributed by atoms with van der Waals surface area (Å²) < 4.78 is 24.7. The molecule has 122 valence electrons. The van der Waals surface area contributed by atoms with E-state index in [-0.39, 0.29) is 0 Å².